The zero-order valence-electron chi connectivity index (χ0n) is 29.4. The van der Waals surface area contributed by atoms with Crippen LogP contribution in [0.5, 0.6) is 0 Å². The van der Waals surface area contributed by atoms with Gasteiger partial charge < -0.3 is 19.7 Å². The van der Waals surface area contributed by atoms with E-state index in [4.69, 9.17) is 9.47 Å². The maximum Gasteiger partial charge on any atom is 0.306 e. The van der Waals surface area contributed by atoms with Gasteiger partial charge in [0.2, 0.25) is 0 Å². The monoisotopic (exact) mass is 635 g/mol. The van der Waals surface area contributed by atoms with Gasteiger partial charge in [-0.15, -0.1) is 0 Å². The summed E-state index contributed by atoms with van der Waals surface area (Å²) in [5.74, 6) is 0.168. The van der Waals surface area contributed by atoms with Crippen LogP contribution in [0, 0.1) is 5.92 Å². The van der Waals surface area contributed by atoms with Crippen molar-refractivity contribution < 1.29 is 29.3 Å². The van der Waals surface area contributed by atoms with Gasteiger partial charge in [-0.2, -0.15) is 0 Å². The average Bonchev–Trinajstić information content (AvgIpc) is 3.02. The second kappa shape index (κ2) is 33.4. The third kappa shape index (κ3) is 33.3. The molecule has 45 heavy (non-hydrogen) atoms. The molecule has 0 rings (SSSR count). The smallest absolute Gasteiger partial charge is 0.306 e. The number of aliphatic hydroxyl groups excluding tert-OH is 2. The van der Waals surface area contributed by atoms with Crippen molar-refractivity contribution in [2.24, 2.45) is 5.92 Å². The number of hydrogen-bond donors (Lipinski definition) is 2. The molecule has 0 spiro atoms. The summed E-state index contributed by atoms with van der Waals surface area (Å²) in [5, 5.41) is 19.6. The quantitative estimate of drug-likeness (QED) is 0.0331. The first-order chi connectivity index (χ1) is 21.9. The molecule has 2 N–H and O–H groups in total. The Labute approximate surface area is 277 Å². The number of unbranched alkanes of at least 4 members (excludes halogenated alkanes) is 15. The molecule has 6 heteroatoms. The van der Waals surface area contributed by atoms with Crippen molar-refractivity contribution in [1.29, 1.82) is 0 Å². The van der Waals surface area contributed by atoms with E-state index in [9.17, 15) is 19.8 Å². The molecule has 0 aliphatic heterocycles. The normalized spacial score (nSPS) is 13.4. The standard InChI is InChI=1S/C39H70O6/c1-4-5-6-7-14-19-24-29-36(41)30-25-20-17-22-27-32-39(43)45-37(33-40)34-44-38(42)31-26-21-16-13-11-9-8-10-12-15-18-23-28-35(2)3/h5-6,14,19,24,29,35-37,40-41H,4,7-13,15-18,20-23,25-28,30-34H2,1-3H3/b6-5+,19-14+,29-24+/t36?,37-/m0/s1. The first-order valence-electron chi connectivity index (χ1n) is 18.5. The molecule has 0 amide bonds. The molecule has 0 fully saturated rings. The average molecular weight is 635 g/mol. The number of rotatable bonds is 32. The van der Waals surface area contributed by atoms with Crippen molar-refractivity contribution in [3.05, 3.63) is 36.5 Å². The predicted molar refractivity (Wildman–Crippen MR) is 188 cm³/mol. The minimum absolute atomic E-state index is 0.0960. The molecule has 0 aliphatic carbocycles. The predicted octanol–water partition coefficient (Wildman–Crippen LogP) is 10.1. The van der Waals surface area contributed by atoms with Crippen LogP contribution in [-0.4, -0.2) is 47.6 Å². The van der Waals surface area contributed by atoms with Gasteiger partial charge in [0.25, 0.3) is 0 Å². The molecule has 0 saturated heterocycles. The van der Waals surface area contributed by atoms with Gasteiger partial charge in [-0.3, -0.25) is 9.59 Å². The van der Waals surface area contributed by atoms with E-state index in [-0.39, 0.29) is 31.6 Å². The van der Waals surface area contributed by atoms with Crippen LogP contribution in [0.3, 0.4) is 0 Å². The maximum absolute atomic E-state index is 12.1. The van der Waals surface area contributed by atoms with Crippen LogP contribution in [0.25, 0.3) is 0 Å². The van der Waals surface area contributed by atoms with Crippen LogP contribution in [0.4, 0.5) is 0 Å². The molecular weight excluding hydrogens is 564 g/mol. The molecule has 0 heterocycles. The number of carbonyl (C=O) groups is 2. The van der Waals surface area contributed by atoms with Crippen LogP contribution in [0.1, 0.15) is 168 Å². The first kappa shape index (κ1) is 43.1. The largest absolute Gasteiger partial charge is 0.462 e. The van der Waals surface area contributed by atoms with E-state index in [0.29, 0.717) is 6.42 Å². The zero-order valence-corrected chi connectivity index (χ0v) is 29.4. The van der Waals surface area contributed by atoms with Crippen molar-refractivity contribution in [3.8, 4) is 0 Å². The van der Waals surface area contributed by atoms with E-state index in [2.05, 4.69) is 39.0 Å². The van der Waals surface area contributed by atoms with Crippen molar-refractivity contribution in [2.75, 3.05) is 13.2 Å². The van der Waals surface area contributed by atoms with E-state index in [1.165, 1.54) is 64.2 Å². The lowest BCUT2D eigenvalue weighted by atomic mass is 10.0. The SMILES string of the molecule is CC/C=C/C/C=C/C=C/C(O)CCCCCCCC(=O)O[C@@H](CO)COC(=O)CCCCCCCCCCCCCCC(C)C. The summed E-state index contributed by atoms with van der Waals surface area (Å²) >= 11 is 0. The van der Waals surface area contributed by atoms with Gasteiger partial charge in [-0.25, -0.2) is 0 Å². The fraction of sp³-hybridized carbons (Fsp3) is 0.795. The van der Waals surface area contributed by atoms with E-state index >= 15 is 0 Å². The van der Waals surface area contributed by atoms with E-state index < -0.39 is 12.2 Å². The molecule has 262 valence electrons. The molecule has 0 saturated carbocycles. The summed E-state index contributed by atoms with van der Waals surface area (Å²) in [6.07, 6.45) is 35.1. The lowest BCUT2D eigenvalue weighted by Gasteiger charge is -2.15. The van der Waals surface area contributed by atoms with Crippen molar-refractivity contribution in [3.63, 3.8) is 0 Å². The highest BCUT2D eigenvalue weighted by molar-refractivity contribution is 5.70. The molecule has 6 nitrogen and oxygen atoms in total. The third-order valence-corrected chi connectivity index (χ3v) is 7.98. The molecule has 0 aromatic heterocycles. The Morgan fingerprint density at radius 1 is 0.644 bits per heavy atom. The molecule has 0 bridgehead atoms. The van der Waals surface area contributed by atoms with E-state index in [0.717, 1.165) is 76.5 Å². The lowest BCUT2D eigenvalue weighted by Crippen LogP contribution is -2.28. The van der Waals surface area contributed by atoms with Crippen molar-refractivity contribution >= 4 is 11.9 Å². The minimum Gasteiger partial charge on any atom is -0.462 e. The third-order valence-electron chi connectivity index (χ3n) is 7.98. The fourth-order valence-corrected chi connectivity index (χ4v) is 5.16. The van der Waals surface area contributed by atoms with Crippen molar-refractivity contribution in [2.45, 2.75) is 181 Å². The maximum atomic E-state index is 12.1. The summed E-state index contributed by atoms with van der Waals surface area (Å²) in [7, 11) is 0. The molecule has 0 radical (unpaired) electrons. The van der Waals surface area contributed by atoms with Crippen molar-refractivity contribution in [1.82, 2.24) is 0 Å². The number of allylic oxidation sites excluding steroid dienone is 5. The van der Waals surface area contributed by atoms with Gasteiger partial charge in [0.05, 0.1) is 12.7 Å². The van der Waals surface area contributed by atoms with Crippen LogP contribution in [0.15, 0.2) is 36.5 Å². The van der Waals surface area contributed by atoms with Crippen LogP contribution >= 0.6 is 0 Å². The molecule has 0 aromatic rings. The topological polar surface area (TPSA) is 93.1 Å². The fourth-order valence-electron chi connectivity index (χ4n) is 5.16. The van der Waals surface area contributed by atoms with E-state index in [1.807, 2.05) is 18.2 Å². The Kier molecular flexibility index (Phi) is 32.0. The second-order valence-electron chi connectivity index (χ2n) is 13.0. The number of carbonyl (C=O) groups excluding carboxylic acids is 2. The van der Waals surface area contributed by atoms with Gasteiger partial charge in [-0.1, -0.05) is 160 Å². The highest BCUT2D eigenvalue weighted by atomic mass is 16.6. The summed E-state index contributed by atoms with van der Waals surface area (Å²) in [4.78, 5) is 24.2. The van der Waals surface area contributed by atoms with Crippen LogP contribution in [0.2, 0.25) is 0 Å². The van der Waals surface area contributed by atoms with Crippen LogP contribution in [-0.2, 0) is 19.1 Å². The van der Waals surface area contributed by atoms with Gasteiger partial charge in [-0.05, 0) is 38.0 Å². The summed E-state index contributed by atoms with van der Waals surface area (Å²) in [6.45, 7) is 6.26. The second-order valence-corrected chi connectivity index (χ2v) is 13.0. The van der Waals surface area contributed by atoms with E-state index in [1.54, 1.807) is 0 Å². The number of hydrogen-bond acceptors (Lipinski definition) is 6. The summed E-state index contributed by atoms with van der Waals surface area (Å²) in [6, 6.07) is 0. The number of esters is 2. The first-order valence-corrected chi connectivity index (χ1v) is 18.5. The van der Waals surface area contributed by atoms with Crippen LogP contribution < -0.4 is 0 Å². The summed E-state index contributed by atoms with van der Waals surface area (Å²) < 4.78 is 10.5. The Balaban J connectivity index is 3.66. The Hall–Kier alpha value is -1.92. The Morgan fingerprint density at radius 3 is 1.69 bits per heavy atom. The molecule has 2 atom stereocenters. The Morgan fingerprint density at radius 2 is 1.16 bits per heavy atom. The van der Waals surface area contributed by atoms with Gasteiger partial charge in [0.15, 0.2) is 6.10 Å². The molecule has 0 aromatic carbocycles. The number of aliphatic hydroxyl groups is 2. The van der Waals surface area contributed by atoms with Gasteiger partial charge in [0.1, 0.15) is 6.61 Å². The molecule has 1 unspecified atom stereocenters. The highest BCUT2D eigenvalue weighted by Gasteiger charge is 2.16. The number of ether oxygens (including phenoxy) is 2. The molecular formula is C39H70O6. The zero-order chi connectivity index (χ0) is 33.2. The highest BCUT2D eigenvalue weighted by Crippen LogP contribution is 2.15. The lowest BCUT2D eigenvalue weighted by molar-refractivity contribution is -0.161. The Bertz CT molecular complexity index is 757. The van der Waals surface area contributed by atoms with Gasteiger partial charge >= 0.3 is 11.9 Å². The minimum atomic E-state index is -0.807. The van der Waals surface area contributed by atoms with Gasteiger partial charge in [0, 0.05) is 12.8 Å². The summed E-state index contributed by atoms with van der Waals surface area (Å²) in [5.41, 5.74) is 0. The molecule has 0 aliphatic rings.